The van der Waals surface area contributed by atoms with Crippen LogP contribution in [0.1, 0.15) is 37.6 Å². The summed E-state index contributed by atoms with van der Waals surface area (Å²) in [4.78, 5) is 8.09. The predicted molar refractivity (Wildman–Crippen MR) is 65.3 cm³/mol. The van der Waals surface area contributed by atoms with E-state index in [1.54, 1.807) is 0 Å². The minimum absolute atomic E-state index is 0.0808. The summed E-state index contributed by atoms with van der Waals surface area (Å²) in [6.45, 7) is 6.97. The molecule has 6 heteroatoms. The van der Waals surface area contributed by atoms with Crippen molar-refractivity contribution in [2.45, 2.75) is 26.2 Å². The highest BCUT2D eigenvalue weighted by Crippen LogP contribution is 2.32. The molecule has 0 atom stereocenters. The first-order valence-corrected chi connectivity index (χ1v) is 6.21. The van der Waals surface area contributed by atoms with Crippen LogP contribution in [-0.2, 0) is 0 Å². The fraction of sp³-hybridized carbons (Fsp3) is 0.750. The molecule has 0 unspecified atom stereocenters. The van der Waals surface area contributed by atoms with Crippen LogP contribution >= 0.6 is 0 Å². The monoisotopic (exact) mass is 259 g/mol. The van der Waals surface area contributed by atoms with Crippen LogP contribution in [0, 0.1) is 0 Å². The number of alkyl halides is 2. The molecule has 0 amide bonds. The van der Waals surface area contributed by atoms with Gasteiger partial charge in [-0.25, -0.2) is 8.78 Å². The minimum atomic E-state index is -2.58. The lowest BCUT2D eigenvalue weighted by Gasteiger charge is -2.31. The first kappa shape index (κ1) is 13.3. The third-order valence-electron chi connectivity index (χ3n) is 3.17. The van der Waals surface area contributed by atoms with Crippen LogP contribution in [0.25, 0.3) is 0 Å². The van der Waals surface area contributed by atoms with E-state index >= 15 is 0 Å². The lowest BCUT2D eigenvalue weighted by molar-refractivity contribution is 0.143. The molecule has 0 radical (unpaired) electrons. The van der Waals surface area contributed by atoms with Crippen molar-refractivity contribution in [3.05, 3.63) is 11.5 Å². The molecule has 1 aromatic heterocycles. The van der Waals surface area contributed by atoms with Crippen molar-refractivity contribution in [3.63, 3.8) is 0 Å². The third kappa shape index (κ3) is 2.63. The van der Waals surface area contributed by atoms with Gasteiger partial charge in [-0.05, 0) is 7.05 Å². The van der Waals surface area contributed by atoms with Crippen molar-refractivity contribution in [2.75, 3.05) is 38.1 Å². The SMILES string of the molecule is CC(C)c1oc(N2CCN(C)CC2)nc1C(F)F. The Bertz CT molecular complexity index is 373. The van der Waals surface area contributed by atoms with Gasteiger partial charge in [0.15, 0.2) is 5.69 Å². The summed E-state index contributed by atoms with van der Waals surface area (Å²) in [6, 6.07) is 0.335. The Morgan fingerprint density at radius 1 is 1.17 bits per heavy atom. The Labute approximate surface area is 106 Å². The molecule has 1 fully saturated rings. The molecule has 2 rings (SSSR count). The van der Waals surface area contributed by atoms with Gasteiger partial charge in [-0.1, -0.05) is 13.8 Å². The maximum absolute atomic E-state index is 12.9. The van der Waals surface area contributed by atoms with Crippen molar-refractivity contribution < 1.29 is 13.2 Å². The number of anilines is 1. The summed E-state index contributed by atoms with van der Waals surface area (Å²) in [7, 11) is 2.04. The Kier molecular flexibility index (Phi) is 3.85. The van der Waals surface area contributed by atoms with Crippen molar-refractivity contribution >= 4 is 6.01 Å². The summed E-state index contributed by atoms with van der Waals surface area (Å²) in [5.41, 5.74) is -0.209. The van der Waals surface area contributed by atoms with Crippen LogP contribution in [0.2, 0.25) is 0 Å². The average Bonchev–Trinajstić information content (AvgIpc) is 2.75. The summed E-state index contributed by atoms with van der Waals surface area (Å²) < 4.78 is 31.3. The van der Waals surface area contributed by atoms with Crippen molar-refractivity contribution in [3.8, 4) is 0 Å². The Hall–Kier alpha value is -1.17. The number of hydrogen-bond acceptors (Lipinski definition) is 4. The topological polar surface area (TPSA) is 32.5 Å². The van der Waals surface area contributed by atoms with Gasteiger partial charge in [0.1, 0.15) is 5.76 Å². The lowest BCUT2D eigenvalue weighted by atomic mass is 10.1. The van der Waals surface area contributed by atoms with Gasteiger partial charge in [-0.2, -0.15) is 4.98 Å². The predicted octanol–water partition coefficient (Wildman–Crippen LogP) is 2.49. The minimum Gasteiger partial charge on any atom is -0.428 e. The zero-order valence-corrected chi connectivity index (χ0v) is 11.0. The van der Waals surface area contributed by atoms with E-state index in [0.29, 0.717) is 11.8 Å². The van der Waals surface area contributed by atoms with E-state index in [1.165, 1.54) is 0 Å². The molecule has 1 saturated heterocycles. The number of rotatable bonds is 3. The molecule has 0 spiro atoms. The van der Waals surface area contributed by atoms with E-state index in [1.807, 2.05) is 25.8 Å². The smallest absolute Gasteiger partial charge is 0.298 e. The number of halogens is 2. The number of aromatic nitrogens is 1. The molecule has 0 aromatic carbocycles. The summed E-state index contributed by atoms with van der Waals surface area (Å²) in [5.74, 6) is 0.224. The molecule has 18 heavy (non-hydrogen) atoms. The van der Waals surface area contributed by atoms with Crippen LogP contribution in [0.5, 0.6) is 0 Å². The lowest BCUT2D eigenvalue weighted by Crippen LogP contribution is -2.44. The molecule has 0 bridgehead atoms. The Morgan fingerprint density at radius 2 is 1.78 bits per heavy atom. The van der Waals surface area contributed by atoms with Crippen LogP contribution in [0.3, 0.4) is 0 Å². The maximum Gasteiger partial charge on any atom is 0.298 e. The molecule has 1 aliphatic heterocycles. The molecule has 1 aromatic rings. The molecular formula is C12H19F2N3O. The molecular weight excluding hydrogens is 240 g/mol. The zero-order chi connectivity index (χ0) is 13.3. The molecule has 2 heterocycles. The van der Waals surface area contributed by atoms with Gasteiger partial charge in [-0.3, -0.25) is 0 Å². The summed E-state index contributed by atoms with van der Waals surface area (Å²) >= 11 is 0. The average molecular weight is 259 g/mol. The third-order valence-corrected chi connectivity index (χ3v) is 3.17. The van der Waals surface area contributed by atoms with Gasteiger partial charge in [-0.15, -0.1) is 0 Å². The Balaban J connectivity index is 2.21. The fourth-order valence-electron chi connectivity index (χ4n) is 2.03. The maximum atomic E-state index is 12.9. The first-order chi connectivity index (χ1) is 8.49. The molecule has 0 N–H and O–H groups in total. The second kappa shape index (κ2) is 5.22. The summed E-state index contributed by atoms with van der Waals surface area (Å²) in [6.07, 6.45) is -2.58. The van der Waals surface area contributed by atoms with Gasteiger partial charge >= 0.3 is 0 Å². The van der Waals surface area contributed by atoms with Crippen molar-refractivity contribution in [1.29, 1.82) is 0 Å². The van der Waals surface area contributed by atoms with Crippen LogP contribution in [-0.4, -0.2) is 43.1 Å². The number of nitrogens with zero attached hydrogens (tertiary/aromatic N) is 3. The van der Waals surface area contributed by atoms with Gasteiger partial charge in [0.2, 0.25) is 0 Å². The van der Waals surface area contributed by atoms with E-state index in [2.05, 4.69) is 9.88 Å². The van der Waals surface area contributed by atoms with E-state index in [0.717, 1.165) is 26.2 Å². The quantitative estimate of drug-likeness (QED) is 0.835. The second-order valence-corrected chi connectivity index (χ2v) is 4.99. The highest BCUT2D eigenvalue weighted by atomic mass is 19.3. The fourth-order valence-corrected chi connectivity index (χ4v) is 2.03. The zero-order valence-electron chi connectivity index (χ0n) is 11.0. The largest absolute Gasteiger partial charge is 0.428 e. The highest BCUT2D eigenvalue weighted by molar-refractivity contribution is 5.32. The van der Waals surface area contributed by atoms with Gasteiger partial charge < -0.3 is 14.2 Å². The van der Waals surface area contributed by atoms with Gasteiger partial charge in [0.25, 0.3) is 12.4 Å². The van der Waals surface area contributed by atoms with Crippen LogP contribution in [0.15, 0.2) is 4.42 Å². The second-order valence-electron chi connectivity index (χ2n) is 4.99. The number of hydrogen-bond donors (Lipinski definition) is 0. The van der Waals surface area contributed by atoms with Crippen molar-refractivity contribution in [1.82, 2.24) is 9.88 Å². The molecule has 1 aliphatic rings. The highest BCUT2D eigenvalue weighted by Gasteiger charge is 2.26. The van der Waals surface area contributed by atoms with Crippen molar-refractivity contribution in [2.24, 2.45) is 0 Å². The number of oxazole rings is 1. The molecule has 102 valence electrons. The van der Waals surface area contributed by atoms with Crippen LogP contribution < -0.4 is 4.90 Å². The number of likely N-dealkylation sites (N-methyl/N-ethyl adjacent to an activating group) is 1. The van der Waals surface area contributed by atoms with E-state index < -0.39 is 6.43 Å². The van der Waals surface area contributed by atoms with E-state index in [-0.39, 0.29) is 11.6 Å². The standard InChI is InChI=1S/C12H19F2N3O/c1-8(2)10-9(11(13)14)15-12(18-10)17-6-4-16(3)5-7-17/h8,11H,4-7H2,1-3H3. The van der Waals surface area contributed by atoms with Gasteiger partial charge in [0.05, 0.1) is 0 Å². The van der Waals surface area contributed by atoms with E-state index in [4.69, 9.17) is 4.42 Å². The Morgan fingerprint density at radius 3 is 2.22 bits per heavy atom. The first-order valence-electron chi connectivity index (χ1n) is 6.21. The summed E-state index contributed by atoms with van der Waals surface area (Å²) in [5, 5.41) is 0. The van der Waals surface area contributed by atoms with Crippen LogP contribution in [0.4, 0.5) is 14.8 Å². The molecule has 0 aliphatic carbocycles. The van der Waals surface area contributed by atoms with Gasteiger partial charge in [0, 0.05) is 32.1 Å². The molecule has 4 nitrogen and oxygen atoms in total. The molecule has 0 saturated carbocycles. The number of piperazine rings is 1. The van der Waals surface area contributed by atoms with E-state index in [9.17, 15) is 8.78 Å². The normalized spacial score (nSPS) is 18.1.